The lowest BCUT2D eigenvalue weighted by Crippen LogP contribution is -2.24. The van der Waals surface area contributed by atoms with Crippen molar-refractivity contribution in [1.29, 1.82) is 0 Å². The molecule has 1 aromatic rings. The Morgan fingerprint density at radius 2 is 2.18 bits per heavy atom. The average molecular weight is 233 g/mol. The van der Waals surface area contributed by atoms with Gasteiger partial charge in [0.2, 0.25) is 0 Å². The molecule has 0 saturated heterocycles. The minimum atomic E-state index is 0.407. The topological polar surface area (TPSA) is 37.8 Å². The van der Waals surface area contributed by atoms with Crippen molar-refractivity contribution in [2.45, 2.75) is 52.0 Å². The summed E-state index contributed by atoms with van der Waals surface area (Å²) >= 11 is 0. The average Bonchev–Trinajstić information content (AvgIpc) is 2.81. The molecule has 1 fully saturated rings. The van der Waals surface area contributed by atoms with Gasteiger partial charge in [-0.1, -0.05) is 32.6 Å². The summed E-state index contributed by atoms with van der Waals surface area (Å²) in [7, 11) is 0. The zero-order valence-electron chi connectivity index (χ0n) is 10.9. The quantitative estimate of drug-likeness (QED) is 0.849. The number of aromatic nitrogens is 2. The molecule has 1 heterocycles. The van der Waals surface area contributed by atoms with Crippen molar-refractivity contribution in [2.24, 2.45) is 5.92 Å². The van der Waals surface area contributed by atoms with Crippen LogP contribution < -0.4 is 5.32 Å². The van der Waals surface area contributed by atoms with E-state index < -0.39 is 0 Å². The second-order valence-corrected chi connectivity index (χ2v) is 5.03. The smallest absolute Gasteiger partial charge is 0.125 e. The molecule has 0 aliphatic heterocycles. The summed E-state index contributed by atoms with van der Waals surface area (Å²) in [6.45, 7) is 5.12. The molecule has 1 unspecified atom stereocenters. The monoisotopic (exact) mass is 233 g/mol. The number of nitrogens with one attached hydrogen (secondary N) is 1. The van der Waals surface area contributed by atoms with Gasteiger partial charge >= 0.3 is 0 Å². The Balaban J connectivity index is 2.04. The molecule has 1 saturated carbocycles. The molecule has 2 rings (SSSR count). The first kappa shape index (κ1) is 12.5. The van der Waals surface area contributed by atoms with Crippen LogP contribution in [0.4, 0.5) is 0 Å². The first-order valence-corrected chi connectivity index (χ1v) is 6.82. The van der Waals surface area contributed by atoms with Gasteiger partial charge in [0.15, 0.2) is 0 Å². The summed E-state index contributed by atoms with van der Waals surface area (Å²) in [5.41, 5.74) is 1.16. The van der Waals surface area contributed by atoms with Crippen molar-refractivity contribution >= 4 is 0 Å². The van der Waals surface area contributed by atoms with Gasteiger partial charge in [-0.25, -0.2) is 9.97 Å². The highest BCUT2D eigenvalue weighted by atomic mass is 15.0. The van der Waals surface area contributed by atoms with Crippen LogP contribution in [0.1, 0.15) is 56.6 Å². The summed E-state index contributed by atoms with van der Waals surface area (Å²) in [5.74, 6) is 1.76. The molecular weight excluding hydrogens is 210 g/mol. The Kier molecular flexibility index (Phi) is 4.49. The van der Waals surface area contributed by atoms with E-state index in [1.807, 2.05) is 13.1 Å². The van der Waals surface area contributed by atoms with E-state index in [0.29, 0.717) is 6.04 Å². The van der Waals surface area contributed by atoms with Crippen LogP contribution in [-0.2, 0) is 0 Å². The normalized spacial score (nSPS) is 18.5. The molecule has 0 amide bonds. The third-order valence-corrected chi connectivity index (χ3v) is 3.65. The molecule has 1 N–H and O–H groups in total. The molecule has 94 valence electrons. The zero-order valence-corrected chi connectivity index (χ0v) is 10.9. The van der Waals surface area contributed by atoms with Crippen LogP contribution in [-0.4, -0.2) is 16.5 Å². The maximum absolute atomic E-state index is 4.56. The summed E-state index contributed by atoms with van der Waals surface area (Å²) in [6, 6.07) is 2.46. The molecule has 3 nitrogen and oxygen atoms in total. The number of nitrogens with zero attached hydrogens (tertiary/aromatic N) is 2. The molecule has 1 aliphatic rings. The Bertz CT molecular complexity index is 345. The second-order valence-electron chi connectivity index (χ2n) is 5.03. The van der Waals surface area contributed by atoms with Crippen molar-refractivity contribution in [3.05, 3.63) is 23.8 Å². The third-order valence-electron chi connectivity index (χ3n) is 3.65. The zero-order chi connectivity index (χ0) is 12.1. The Morgan fingerprint density at radius 1 is 1.41 bits per heavy atom. The standard InChI is InChI=1S/C14H23N3/c1-3-15-14(10-12-6-4-5-7-12)13-8-9-16-11(2)17-13/h8-9,12,14-15H,3-7,10H2,1-2H3. The highest BCUT2D eigenvalue weighted by Gasteiger charge is 2.21. The van der Waals surface area contributed by atoms with Gasteiger partial charge in [-0.3, -0.25) is 0 Å². The number of hydrogen-bond acceptors (Lipinski definition) is 3. The van der Waals surface area contributed by atoms with Gasteiger partial charge in [0.25, 0.3) is 0 Å². The number of hydrogen-bond donors (Lipinski definition) is 1. The van der Waals surface area contributed by atoms with E-state index >= 15 is 0 Å². The molecule has 1 aromatic heterocycles. The fourth-order valence-electron chi connectivity index (χ4n) is 2.80. The van der Waals surface area contributed by atoms with E-state index in [1.54, 1.807) is 0 Å². The molecule has 17 heavy (non-hydrogen) atoms. The van der Waals surface area contributed by atoms with Gasteiger partial charge in [-0.2, -0.15) is 0 Å². The highest BCUT2D eigenvalue weighted by molar-refractivity contribution is 5.07. The summed E-state index contributed by atoms with van der Waals surface area (Å²) < 4.78 is 0. The van der Waals surface area contributed by atoms with Crippen molar-refractivity contribution in [3.63, 3.8) is 0 Å². The minimum absolute atomic E-state index is 0.407. The second kappa shape index (κ2) is 6.10. The summed E-state index contributed by atoms with van der Waals surface area (Å²) in [6.07, 6.45) is 8.71. The third kappa shape index (κ3) is 3.50. The number of aryl methyl sites for hydroxylation is 1. The van der Waals surface area contributed by atoms with Crippen LogP contribution in [0, 0.1) is 12.8 Å². The summed E-state index contributed by atoms with van der Waals surface area (Å²) in [4.78, 5) is 8.74. The number of rotatable bonds is 5. The Hall–Kier alpha value is -0.960. The van der Waals surface area contributed by atoms with Gasteiger partial charge < -0.3 is 5.32 Å². The lowest BCUT2D eigenvalue weighted by molar-refractivity contribution is 0.394. The molecular formula is C14H23N3. The van der Waals surface area contributed by atoms with E-state index in [1.165, 1.54) is 32.1 Å². The van der Waals surface area contributed by atoms with Gasteiger partial charge in [0.1, 0.15) is 5.82 Å². The fourth-order valence-corrected chi connectivity index (χ4v) is 2.80. The molecule has 0 spiro atoms. The van der Waals surface area contributed by atoms with Gasteiger partial charge in [-0.05, 0) is 31.9 Å². The van der Waals surface area contributed by atoms with Crippen LogP contribution in [0.2, 0.25) is 0 Å². The summed E-state index contributed by atoms with van der Waals surface area (Å²) in [5, 5.41) is 3.56. The van der Waals surface area contributed by atoms with Crippen LogP contribution in [0.15, 0.2) is 12.3 Å². The van der Waals surface area contributed by atoms with Crippen molar-refractivity contribution in [1.82, 2.24) is 15.3 Å². The maximum Gasteiger partial charge on any atom is 0.125 e. The minimum Gasteiger partial charge on any atom is -0.309 e. The first-order valence-electron chi connectivity index (χ1n) is 6.82. The largest absolute Gasteiger partial charge is 0.309 e. The lowest BCUT2D eigenvalue weighted by Gasteiger charge is -2.21. The van der Waals surface area contributed by atoms with Crippen LogP contribution >= 0.6 is 0 Å². The van der Waals surface area contributed by atoms with Crippen molar-refractivity contribution < 1.29 is 0 Å². The molecule has 1 aliphatic carbocycles. The van der Waals surface area contributed by atoms with Gasteiger partial charge in [0, 0.05) is 12.2 Å². The van der Waals surface area contributed by atoms with Gasteiger partial charge in [0.05, 0.1) is 5.69 Å². The van der Waals surface area contributed by atoms with Crippen LogP contribution in [0.25, 0.3) is 0 Å². The van der Waals surface area contributed by atoms with E-state index in [-0.39, 0.29) is 0 Å². The van der Waals surface area contributed by atoms with E-state index in [2.05, 4.69) is 28.3 Å². The molecule has 1 atom stereocenters. The molecule has 3 heteroatoms. The Labute approximate surface area is 104 Å². The molecule has 0 aromatic carbocycles. The Morgan fingerprint density at radius 3 is 2.82 bits per heavy atom. The van der Waals surface area contributed by atoms with E-state index in [9.17, 15) is 0 Å². The lowest BCUT2D eigenvalue weighted by atomic mass is 9.96. The SMILES string of the molecule is CCNC(CC1CCCC1)c1ccnc(C)n1. The van der Waals surface area contributed by atoms with Crippen LogP contribution in [0.5, 0.6) is 0 Å². The molecule has 0 bridgehead atoms. The van der Waals surface area contributed by atoms with E-state index in [0.717, 1.165) is 24.0 Å². The predicted molar refractivity (Wildman–Crippen MR) is 69.8 cm³/mol. The van der Waals surface area contributed by atoms with E-state index in [4.69, 9.17) is 0 Å². The van der Waals surface area contributed by atoms with Crippen molar-refractivity contribution in [3.8, 4) is 0 Å². The highest BCUT2D eigenvalue weighted by Crippen LogP contribution is 2.32. The van der Waals surface area contributed by atoms with Crippen molar-refractivity contribution in [2.75, 3.05) is 6.54 Å². The van der Waals surface area contributed by atoms with Gasteiger partial charge in [-0.15, -0.1) is 0 Å². The fraction of sp³-hybridized carbons (Fsp3) is 0.714. The maximum atomic E-state index is 4.56. The molecule has 0 radical (unpaired) electrons. The predicted octanol–water partition coefficient (Wildman–Crippen LogP) is 3.02. The van der Waals surface area contributed by atoms with Crippen LogP contribution in [0.3, 0.4) is 0 Å². The first-order chi connectivity index (χ1) is 8.29.